The number of aryl methyl sites for hydroxylation is 1. The van der Waals surface area contributed by atoms with Crippen LogP contribution in [0.3, 0.4) is 0 Å². The first kappa shape index (κ1) is 20.6. The monoisotopic (exact) mass is 462 g/mol. The van der Waals surface area contributed by atoms with Gasteiger partial charge in [-0.15, -0.1) is 0 Å². The highest BCUT2D eigenvalue weighted by Crippen LogP contribution is 2.39. The van der Waals surface area contributed by atoms with E-state index in [1.807, 2.05) is 18.3 Å². The van der Waals surface area contributed by atoms with Crippen molar-refractivity contribution < 1.29 is 0 Å². The molecule has 1 aliphatic heterocycles. The van der Waals surface area contributed by atoms with Crippen LogP contribution in [-0.4, -0.2) is 50.7 Å². The maximum Gasteiger partial charge on any atom is 0.230 e. The number of anilines is 3. The van der Waals surface area contributed by atoms with E-state index in [1.54, 1.807) is 6.20 Å². The third-order valence-corrected chi connectivity index (χ3v) is 7.13. The predicted octanol–water partition coefficient (Wildman–Crippen LogP) is 4.60. The second-order valence-electron chi connectivity index (χ2n) is 8.90. The molecule has 0 radical (unpaired) electrons. The van der Waals surface area contributed by atoms with E-state index in [1.165, 1.54) is 18.5 Å². The van der Waals surface area contributed by atoms with Crippen molar-refractivity contribution in [2.24, 2.45) is 0 Å². The Morgan fingerprint density at radius 1 is 1.03 bits per heavy atom. The number of fused-ring (bicyclic) bond motifs is 3. The lowest BCUT2D eigenvalue weighted by Gasteiger charge is -2.30. The summed E-state index contributed by atoms with van der Waals surface area (Å²) in [6.07, 6.45) is 8.35. The van der Waals surface area contributed by atoms with Crippen LogP contribution in [0.1, 0.15) is 37.4 Å². The molecule has 170 valence electrons. The first-order chi connectivity index (χ1) is 16.2. The van der Waals surface area contributed by atoms with E-state index < -0.39 is 0 Å². The van der Waals surface area contributed by atoms with E-state index in [9.17, 15) is 0 Å². The number of hydrogen-bond donors (Lipinski definition) is 2. The zero-order chi connectivity index (χ0) is 22.4. The molecule has 0 aromatic carbocycles. The molecule has 6 rings (SSSR count). The summed E-state index contributed by atoms with van der Waals surface area (Å²) >= 11 is 6.56. The van der Waals surface area contributed by atoms with Crippen molar-refractivity contribution in [3.8, 4) is 0 Å². The van der Waals surface area contributed by atoms with Crippen LogP contribution in [0, 0.1) is 6.92 Å². The van der Waals surface area contributed by atoms with Gasteiger partial charge >= 0.3 is 0 Å². The van der Waals surface area contributed by atoms with Crippen molar-refractivity contribution in [2.75, 3.05) is 36.4 Å². The molecule has 2 aliphatic rings. The van der Waals surface area contributed by atoms with Gasteiger partial charge in [0, 0.05) is 55.4 Å². The average molecular weight is 463 g/mol. The van der Waals surface area contributed by atoms with Crippen LogP contribution in [0.4, 0.5) is 17.5 Å². The van der Waals surface area contributed by atoms with Crippen LogP contribution in [0.2, 0.25) is 5.15 Å². The Balaban J connectivity index is 1.38. The zero-order valence-corrected chi connectivity index (χ0v) is 19.4. The molecular weight excluding hydrogens is 436 g/mol. The fourth-order valence-electron chi connectivity index (χ4n) is 5.28. The number of halogens is 1. The van der Waals surface area contributed by atoms with E-state index in [0.717, 1.165) is 72.5 Å². The van der Waals surface area contributed by atoms with Gasteiger partial charge in [0.2, 0.25) is 5.95 Å². The number of nitrogens with one attached hydrogen (secondary N) is 2. The van der Waals surface area contributed by atoms with Gasteiger partial charge in [-0.2, -0.15) is 4.98 Å². The molecule has 33 heavy (non-hydrogen) atoms. The second kappa shape index (κ2) is 8.43. The summed E-state index contributed by atoms with van der Waals surface area (Å²) in [4.78, 5) is 21.0. The van der Waals surface area contributed by atoms with Gasteiger partial charge in [-0.25, -0.2) is 15.0 Å². The largest absolute Gasteiger partial charge is 0.368 e. The highest BCUT2D eigenvalue weighted by molar-refractivity contribution is 6.35. The van der Waals surface area contributed by atoms with Crippen molar-refractivity contribution in [2.45, 2.75) is 38.6 Å². The van der Waals surface area contributed by atoms with Crippen molar-refractivity contribution >= 4 is 51.0 Å². The number of hydrogen-bond acceptors (Lipinski definition) is 7. The number of piperazine rings is 1. The van der Waals surface area contributed by atoms with Crippen molar-refractivity contribution in [3.63, 3.8) is 0 Å². The second-order valence-corrected chi connectivity index (χ2v) is 9.26. The molecule has 0 unspecified atom stereocenters. The minimum Gasteiger partial charge on any atom is -0.368 e. The first-order valence-electron chi connectivity index (χ1n) is 11.7. The lowest BCUT2D eigenvalue weighted by atomic mass is 10.2. The van der Waals surface area contributed by atoms with Gasteiger partial charge in [0.05, 0.1) is 16.9 Å². The summed E-state index contributed by atoms with van der Waals surface area (Å²) in [6, 6.07) is 6.53. The summed E-state index contributed by atoms with van der Waals surface area (Å²) in [6.45, 7) is 6.06. The average Bonchev–Trinajstić information content (AvgIpc) is 3.46. The fourth-order valence-corrected chi connectivity index (χ4v) is 5.53. The Morgan fingerprint density at radius 2 is 1.85 bits per heavy atom. The van der Waals surface area contributed by atoms with E-state index in [0.29, 0.717) is 17.1 Å². The van der Waals surface area contributed by atoms with Gasteiger partial charge in [0.15, 0.2) is 5.15 Å². The molecule has 4 aromatic heterocycles. The molecule has 4 aromatic rings. The van der Waals surface area contributed by atoms with Gasteiger partial charge in [0.25, 0.3) is 0 Å². The lowest BCUT2D eigenvalue weighted by molar-refractivity contribution is 0.546. The van der Waals surface area contributed by atoms with Gasteiger partial charge in [0.1, 0.15) is 11.5 Å². The maximum atomic E-state index is 6.56. The third-order valence-electron chi connectivity index (χ3n) is 6.85. The van der Waals surface area contributed by atoms with Crippen LogP contribution in [0.5, 0.6) is 0 Å². The number of nitrogens with zero attached hydrogens (tertiary/aromatic N) is 6. The number of aromatic nitrogens is 5. The van der Waals surface area contributed by atoms with Crippen molar-refractivity contribution in [3.05, 3.63) is 41.4 Å². The number of rotatable bonds is 4. The lowest BCUT2D eigenvalue weighted by Crippen LogP contribution is -2.43. The SMILES string of the molecule is Cc1nc(Nc2ncc3c4ccnc(Cl)c4n(C4CCCC4)c3n2)ccc1N1CCNCC1. The fraction of sp³-hybridized carbons (Fsp3) is 0.417. The van der Waals surface area contributed by atoms with Crippen molar-refractivity contribution in [1.29, 1.82) is 0 Å². The molecule has 8 nitrogen and oxygen atoms in total. The Labute approximate surface area is 197 Å². The molecule has 0 atom stereocenters. The first-order valence-corrected chi connectivity index (χ1v) is 12.1. The smallest absolute Gasteiger partial charge is 0.230 e. The van der Waals surface area contributed by atoms with Gasteiger partial charge < -0.3 is 20.1 Å². The van der Waals surface area contributed by atoms with E-state index in [-0.39, 0.29) is 0 Å². The minimum atomic E-state index is 0.383. The Morgan fingerprint density at radius 3 is 2.64 bits per heavy atom. The third kappa shape index (κ3) is 3.67. The Kier molecular flexibility index (Phi) is 5.27. The van der Waals surface area contributed by atoms with Gasteiger partial charge in [-0.1, -0.05) is 24.4 Å². The quantitative estimate of drug-likeness (QED) is 0.428. The Hall–Kier alpha value is -2.97. The standard InChI is InChI=1S/C24H27ClN8/c1-15-19(32-12-10-26-11-13-32)6-7-20(29-15)30-24-28-14-18-17-8-9-27-22(25)21(17)33(23(18)31-24)16-4-2-3-5-16/h6-9,14,16,26H,2-5,10-13H2,1H3,(H,28,29,30,31). The molecule has 1 saturated carbocycles. The molecule has 0 bridgehead atoms. The van der Waals surface area contributed by atoms with Gasteiger partial charge in [-0.05, 0) is 38.0 Å². The Bertz CT molecular complexity index is 1320. The van der Waals surface area contributed by atoms with Crippen LogP contribution < -0.4 is 15.5 Å². The van der Waals surface area contributed by atoms with E-state index in [2.05, 4.69) is 43.1 Å². The van der Waals surface area contributed by atoms with E-state index >= 15 is 0 Å². The predicted molar refractivity (Wildman–Crippen MR) is 133 cm³/mol. The molecule has 9 heteroatoms. The highest BCUT2D eigenvalue weighted by atomic mass is 35.5. The van der Waals surface area contributed by atoms with Crippen LogP contribution in [0.25, 0.3) is 21.9 Å². The molecule has 0 spiro atoms. The summed E-state index contributed by atoms with van der Waals surface area (Å²) in [5, 5.41) is 9.29. The highest BCUT2D eigenvalue weighted by Gasteiger charge is 2.25. The summed E-state index contributed by atoms with van der Waals surface area (Å²) in [7, 11) is 0. The number of pyridine rings is 2. The van der Waals surface area contributed by atoms with Crippen LogP contribution in [-0.2, 0) is 0 Å². The molecule has 0 amide bonds. The molecule has 2 N–H and O–H groups in total. The molecular formula is C24H27ClN8. The maximum absolute atomic E-state index is 6.56. The molecule has 5 heterocycles. The van der Waals surface area contributed by atoms with Crippen LogP contribution in [0.15, 0.2) is 30.6 Å². The van der Waals surface area contributed by atoms with E-state index in [4.69, 9.17) is 21.6 Å². The van der Waals surface area contributed by atoms with Crippen LogP contribution >= 0.6 is 11.6 Å². The summed E-state index contributed by atoms with van der Waals surface area (Å²) in [5.74, 6) is 1.28. The minimum absolute atomic E-state index is 0.383. The normalized spacial score (nSPS) is 17.3. The van der Waals surface area contributed by atoms with Gasteiger partial charge in [-0.3, -0.25) is 0 Å². The topological polar surface area (TPSA) is 83.8 Å². The molecule has 2 fully saturated rings. The zero-order valence-electron chi connectivity index (χ0n) is 18.7. The molecule has 1 aliphatic carbocycles. The summed E-state index contributed by atoms with van der Waals surface area (Å²) < 4.78 is 2.28. The van der Waals surface area contributed by atoms with Crippen molar-refractivity contribution in [1.82, 2.24) is 29.8 Å². The summed E-state index contributed by atoms with van der Waals surface area (Å²) in [5.41, 5.74) is 4.04. The molecule has 1 saturated heterocycles.